The summed E-state index contributed by atoms with van der Waals surface area (Å²) >= 11 is 0. The lowest BCUT2D eigenvalue weighted by Crippen LogP contribution is -2.79. The molecule has 0 aromatic rings. The summed E-state index contributed by atoms with van der Waals surface area (Å²) in [5.74, 6) is -5.28. The molecule has 10 heteroatoms. The minimum Gasteiger partial charge on any atom is -0.504 e. The summed E-state index contributed by atoms with van der Waals surface area (Å²) in [7, 11) is 1.09. The van der Waals surface area contributed by atoms with Gasteiger partial charge in [0.1, 0.15) is 12.2 Å². The van der Waals surface area contributed by atoms with Gasteiger partial charge in [-0.2, -0.15) is 0 Å². The summed E-state index contributed by atoms with van der Waals surface area (Å²) in [6.45, 7) is 3.24. The lowest BCUT2D eigenvalue weighted by Gasteiger charge is -2.67. The highest BCUT2D eigenvalue weighted by atomic mass is 16.6. The normalized spacial score (nSPS) is 52.9. The first-order chi connectivity index (χ1) is 14.5. The lowest BCUT2D eigenvalue weighted by atomic mass is 9.38. The Morgan fingerprint density at radius 3 is 2.52 bits per heavy atom. The molecule has 5 aliphatic rings. The Labute approximate surface area is 177 Å². The van der Waals surface area contributed by atoms with Crippen LogP contribution in [0.1, 0.15) is 26.7 Å². The molecular formula is C21H26O10. The van der Waals surface area contributed by atoms with Gasteiger partial charge >= 0.3 is 11.9 Å². The highest BCUT2D eigenvalue weighted by Crippen LogP contribution is 2.72. The topological polar surface area (TPSA) is 160 Å². The molecule has 1 spiro atoms. The Morgan fingerprint density at radius 1 is 1.19 bits per heavy atom. The van der Waals surface area contributed by atoms with Gasteiger partial charge in [-0.15, -0.1) is 0 Å². The first-order valence-electron chi connectivity index (χ1n) is 10.4. The Bertz CT molecular complexity index is 927. The van der Waals surface area contributed by atoms with Gasteiger partial charge in [-0.3, -0.25) is 4.79 Å². The van der Waals surface area contributed by atoms with Crippen molar-refractivity contribution in [2.45, 2.75) is 56.7 Å². The molecule has 5 rings (SSSR count). The van der Waals surface area contributed by atoms with E-state index in [1.165, 1.54) is 0 Å². The molecule has 0 aromatic carbocycles. The molecule has 2 heterocycles. The number of allylic oxidation sites excluding steroid dienone is 2. The molecule has 0 amide bonds. The third kappa shape index (κ3) is 2.05. The van der Waals surface area contributed by atoms with E-state index in [2.05, 4.69) is 0 Å². The number of Topliss-reactive ketones (excluding diaryl/α,β-unsaturated/α-hetero) is 1. The molecule has 2 bridgehead atoms. The molecule has 10 atom stereocenters. The van der Waals surface area contributed by atoms with E-state index < -0.39 is 76.3 Å². The molecule has 31 heavy (non-hydrogen) atoms. The number of rotatable bonds is 1. The van der Waals surface area contributed by atoms with Crippen molar-refractivity contribution in [2.24, 2.45) is 28.6 Å². The van der Waals surface area contributed by atoms with Crippen molar-refractivity contribution in [2.75, 3.05) is 13.7 Å². The number of aliphatic hydroxyl groups is 4. The van der Waals surface area contributed by atoms with Gasteiger partial charge in [0.05, 0.1) is 25.7 Å². The first-order valence-corrected chi connectivity index (χ1v) is 10.4. The molecule has 4 fully saturated rings. The summed E-state index contributed by atoms with van der Waals surface area (Å²) < 4.78 is 16.3. The number of fused-ring (bicyclic) bond motifs is 2. The first kappa shape index (κ1) is 20.9. The zero-order chi connectivity index (χ0) is 22.7. The van der Waals surface area contributed by atoms with Crippen LogP contribution >= 0.6 is 0 Å². The van der Waals surface area contributed by atoms with Crippen LogP contribution in [0, 0.1) is 28.6 Å². The lowest BCUT2D eigenvalue weighted by molar-refractivity contribution is -0.288. The number of ketones is 1. The van der Waals surface area contributed by atoms with Gasteiger partial charge in [-0.05, 0) is 30.3 Å². The largest absolute Gasteiger partial charge is 0.504 e. The Kier molecular flexibility index (Phi) is 4.08. The minimum absolute atomic E-state index is 0.105. The maximum absolute atomic E-state index is 12.9. The zero-order valence-electron chi connectivity index (χ0n) is 17.4. The van der Waals surface area contributed by atoms with Gasteiger partial charge in [0, 0.05) is 17.8 Å². The smallest absolute Gasteiger partial charge is 0.341 e. The van der Waals surface area contributed by atoms with E-state index in [1.54, 1.807) is 13.8 Å². The summed E-state index contributed by atoms with van der Waals surface area (Å²) in [5, 5.41) is 43.7. The fourth-order valence-electron chi connectivity index (χ4n) is 7.76. The standard InChI is InChI=1S/C21H26O10/c1-7-8-4-10-20-6-30-21(18(28)29-3,15(20)13(25)17(27)31-10)16(26)12(24)14(20)19(8,2)5-9(22)11(7)23/h8,10,12-16,23-26H,4-6H2,1-3H3/t8-,10?,12?,13?,14?,15?,16-,19?,20?,21+/m0/s1. The number of esters is 2. The molecule has 2 aliphatic heterocycles. The number of ether oxygens (including phenoxy) is 3. The van der Waals surface area contributed by atoms with Crippen molar-refractivity contribution in [1.82, 2.24) is 0 Å². The van der Waals surface area contributed by atoms with E-state index in [0.717, 1.165) is 7.11 Å². The number of hydrogen-bond donors (Lipinski definition) is 4. The van der Waals surface area contributed by atoms with Crippen molar-refractivity contribution in [3.05, 3.63) is 11.3 Å². The van der Waals surface area contributed by atoms with E-state index in [-0.39, 0.29) is 25.2 Å². The SMILES string of the molecule is COC(=O)[C@]12OCC34C(C[C@H]5C(C)=C(O)C(=O)CC5(C)C3C(O)[C@@H]1O)OC(=O)C(O)C42. The summed E-state index contributed by atoms with van der Waals surface area (Å²) in [5.41, 5.74) is -3.88. The minimum atomic E-state index is -2.14. The summed E-state index contributed by atoms with van der Waals surface area (Å²) in [4.78, 5) is 38.1. The van der Waals surface area contributed by atoms with E-state index in [9.17, 15) is 34.8 Å². The van der Waals surface area contributed by atoms with Gasteiger partial charge in [-0.1, -0.05) is 6.92 Å². The fraction of sp³-hybridized carbons (Fsp3) is 0.762. The van der Waals surface area contributed by atoms with Gasteiger partial charge in [0.25, 0.3) is 0 Å². The van der Waals surface area contributed by atoms with Gasteiger partial charge in [-0.25, -0.2) is 9.59 Å². The molecule has 7 unspecified atom stereocenters. The van der Waals surface area contributed by atoms with Crippen LogP contribution in [0.5, 0.6) is 0 Å². The molecule has 0 radical (unpaired) electrons. The molecular weight excluding hydrogens is 412 g/mol. The maximum atomic E-state index is 12.9. The number of hydrogen-bond acceptors (Lipinski definition) is 10. The highest BCUT2D eigenvalue weighted by molar-refractivity contribution is 5.95. The third-order valence-electron chi connectivity index (χ3n) is 8.86. The van der Waals surface area contributed by atoms with Gasteiger partial charge < -0.3 is 34.6 Å². The number of methoxy groups -OCH3 is 1. The van der Waals surface area contributed by atoms with Crippen LogP contribution < -0.4 is 0 Å². The Hall–Kier alpha value is -2.01. The molecule has 4 N–H and O–H groups in total. The second-order valence-corrected chi connectivity index (χ2v) is 9.87. The molecule has 0 aromatic heterocycles. The van der Waals surface area contributed by atoms with Crippen molar-refractivity contribution in [3.63, 3.8) is 0 Å². The molecule has 2 saturated carbocycles. The maximum Gasteiger partial charge on any atom is 0.341 e. The average molecular weight is 438 g/mol. The number of carbonyl (C=O) groups is 3. The van der Waals surface area contributed by atoms with E-state index in [1.807, 2.05) is 0 Å². The van der Waals surface area contributed by atoms with Crippen molar-refractivity contribution >= 4 is 17.7 Å². The predicted molar refractivity (Wildman–Crippen MR) is 99.2 cm³/mol. The zero-order valence-corrected chi connectivity index (χ0v) is 17.4. The quantitative estimate of drug-likeness (QED) is 0.374. The number of aliphatic hydroxyl groups excluding tert-OH is 4. The van der Waals surface area contributed by atoms with Crippen LogP contribution in [0.25, 0.3) is 0 Å². The second kappa shape index (κ2) is 6.06. The fourth-order valence-corrected chi connectivity index (χ4v) is 7.76. The predicted octanol–water partition coefficient (Wildman–Crippen LogP) is -1.00. The molecule has 170 valence electrons. The number of carbonyl (C=O) groups excluding carboxylic acids is 3. The van der Waals surface area contributed by atoms with E-state index >= 15 is 0 Å². The van der Waals surface area contributed by atoms with E-state index in [0.29, 0.717) is 5.57 Å². The van der Waals surface area contributed by atoms with Crippen molar-refractivity contribution in [3.8, 4) is 0 Å². The van der Waals surface area contributed by atoms with Crippen molar-refractivity contribution in [1.29, 1.82) is 0 Å². The highest BCUT2D eigenvalue weighted by Gasteiger charge is 2.84. The van der Waals surface area contributed by atoms with Crippen LogP contribution in [0.3, 0.4) is 0 Å². The van der Waals surface area contributed by atoms with E-state index in [4.69, 9.17) is 14.2 Å². The van der Waals surface area contributed by atoms with Crippen LogP contribution in [0.15, 0.2) is 11.3 Å². The molecule has 2 saturated heterocycles. The Morgan fingerprint density at radius 2 is 1.87 bits per heavy atom. The van der Waals surface area contributed by atoms with Crippen LogP contribution in [-0.4, -0.2) is 81.9 Å². The Balaban J connectivity index is 1.77. The third-order valence-corrected chi connectivity index (χ3v) is 8.86. The second-order valence-electron chi connectivity index (χ2n) is 9.87. The van der Waals surface area contributed by atoms with Gasteiger partial charge in [0.15, 0.2) is 23.2 Å². The monoisotopic (exact) mass is 438 g/mol. The van der Waals surface area contributed by atoms with Crippen molar-refractivity contribution < 1.29 is 49.0 Å². The molecule has 10 nitrogen and oxygen atoms in total. The van der Waals surface area contributed by atoms with Crippen LogP contribution in [0.4, 0.5) is 0 Å². The summed E-state index contributed by atoms with van der Waals surface area (Å²) in [6, 6.07) is 0. The van der Waals surface area contributed by atoms with Crippen LogP contribution in [0.2, 0.25) is 0 Å². The average Bonchev–Trinajstić information content (AvgIpc) is 3.03. The molecule has 3 aliphatic carbocycles. The summed E-state index contributed by atoms with van der Waals surface area (Å²) in [6.07, 6.45) is -5.87. The van der Waals surface area contributed by atoms with Crippen LogP contribution in [-0.2, 0) is 28.6 Å². The van der Waals surface area contributed by atoms with Gasteiger partial charge in [0.2, 0.25) is 0 Å².